The second kappa shape index (κ2) is 5.85. The van der Waals surface area contributed by atoms with Crippen molar-refractivity contribution < 1.29 is 12.8 Å². The molecular formula is C11H11BrCl2FNO2S. The zero-order valence-corrected chi connectivity index (χ0v) is 13.7. The Hall–Kier alpha value is 0.120. The lowest BCUT2D eigenvalue weighted by molar-refractivity contribution is 0.465. The lowest BCUT2D eigenvalue weighted by Crippen LogP contribution is -2.29. The van der Waals surface area contributed by atoms with Gasteiger partial charge in [-0.1, -0.05) is 39.1 Å². The van der Waals surface area contributed by atoms with E-state index < -0.39 is 20.9 Å². The Balaban J connectivity index is 2.38. The van der Waals surface area contributed by atoms with Gasteiger partial charge in [-0.25, -0.2) is 12.8 Å². The van der Waals surface area contributed by atoms with Crippen LogP contribution in [0.15, 0.2) is 17.0 Å². The largest absolute Gasteiger partial charge is 0.244 e. The van der Waals surface area contributed by atoms with Gasteiger partial charge in [0, 0.05) is 18.4 Å². The van der Waals surface area contributed by atoms with Gasteiger partial charge in [-0.2, -0.15) is 4.31 Å². The minimum atomic E-state index is -3.77. The van der Waals surface area contributed by atoms with E-state index in [1.165, 1.54) is 16.4 Å². The number of nitrogens with zero attached hydrogens (tertiary/aromatic N) is 1. The fourth-order valence-corrected chi connectivity index (χ4v) is 4.77. The van der Waals surface area contributed by atoms with Gasteiger partial charge in [0.25, 0.3) is 0 Å². The molecule has 1 aromatic carbocycles. The third-order valence-electron chi connectivity index (χ3n) is 3.08. The van der Waals surface area contributed by atoms with Crippen molar-refractivity contribution in [2.24, 2.45) is 5.92 Å². The van der Waals surface area contributed by atoms with Gasteiger partial charge < -0.3 is 0 Å². The highest BCUT2D eigenvalue weighted by molar-refractivity contribution is 9.09. The van der Waals surface area contributed by atoms with Gasteiger partial charge in [-0.3, -0.25) is 0 Å². The van der Waals surface area contributed by atoms with Crippen LogP contribution in [0.3, 0.4) is 0 Å². The summed E-state index contributed by atoms with van der Waals surface area (Å²) in [6.45, 7) is 0.827. The first-order valence-corrected chi connectivity index (χ1v) is 8.89. The zero-order valence-electron chi connectivity index (χ0n) is 9.74. The summed E-state index contributed by atoms with van der Waals surface area (Å²) in [5, 5.41) is 0.0975. The van der Waals surface area contributed by atoms with Gasteiger partial charge in [0.05, 0.1) is 10.0 Å². The molecule has 1 saturated heterocycles. The molecule has 0 aromatic heterocycles. The van der Waals surface area contributed by atoms with Gasteiger partial charge in [0.1, 0.15) is 4.90 Å². The van der Waals surface area contributed by atoms with Crippen molar-refractivity contribution in [3.63, 3.8) is 0 Å². The molecule has 8 heteroatoms. The minimum absolute atomic E-state index is 0.191. The molecule has 0 saturated carbocycles. The molecule has 0 radical (unpaired) electrons. The maximum absolute atomic E-state index is 13.6. The van der Waals surface area contributed by atoms with Crippen molar-refractivity contribution in [3.8, 4) is 0 Å². The van der Waals surface area contributed by atoms with Crippen LogP contribution < -0.4 is 0 Å². The molecule has 1 aliphatic rings. The van der Waals surface area contributed by atoms with Gasteiger partial charge in [0.2, 0.25) is 10.0 Å². The fourth-order valence-electron chi connectivity index (χ4n) is 1.99. The molecule has 1 aromatic rings. The van der Waals surface area contributed by atoms with Crippen LogP contribution in [0.2, 0.25) is 10.0 Å². The van der Waals surface area contributed by atoms with Gasteiger partial charge in [0.15, 0.2) is 5.82 Å². The van der Waals surface area contributed by atoms with Crippen LogP contribution in [0.1, 0.15) is 6.42 Å². The van der Waals surface area contributed by atoms with E-state index in [4.69, 9.17) is 23.2 Å². The number of hydrogen-bond acceptors (Lipinski definition) is 2. The highest BCUT2D eigenvalue weighted by Crippen LogP contribution is 2.33. The predicted octanol–water partition coefficient (Wildman–Crippen LogP) is 3.54. The van der Waals surface area contributed by atoms with E-state index in [1.807, 2.05) is 0 Å². The molecule has 2 rings (SSSR count). The first-order chi connectivity index (χ1) is 8.87. The van der Waals surface area contributed by atoms with Crippen molar-refractivity contribution in [3.05, 3.63) is 28.0 Å². The van der Waals surface area contributed by atoms with E-state index in [1.54, 1.807) is 0 Å². The maximum Gasteiger partial charge on any atom is 0.244 e. The molecular weight excluding hydrogens is 380 g/mol. The van der Waals surface area contributed by atoms with Gasteiger partial charge >= 0.3 is 0 Å². The van der Waals surface area contributed by atoms with Crippen molar-refractivity contribution in [1.82, 2.24) is 4.31 Å². The number of rotatable bonds is 3. The summed E-state index contributed by atoms with van der Waals surface area (Å²) in [6.07, 6.45) is 0.776. The molecule has 106 valence electrons. The van der Waals surface area contributed by atoms with E-state index in [9.17, 15) is 12.8 Å². The Morgan fingerprint density at radius 2 is 2.11 bits per heavy atom. The fraction of sp³-hybridized carbons (Fsp3) is 0.455. The third-order valence-corrected chi connectivity index (χ3v) is 6.68. The molecule has 0 bridgehead atoms. The highest BCUT2D eigenvalue weighted by Gasteiger charge is 2.34. The Morgan fingerprint density at radius 3 is 2.68 bits per heavy atom. The summed E-state index contributed by atoms with van der Waals surface area (Å²) in [6, 6.07) is 2.44. The van der Waals surface area contributed by atoms with E-state index in [2.05, 4.69) is 15.9 Å². The SMILES string of the molecule is O=S(=O)(c1ccc(Cl)c(F)c1Cl)N1CCC(CBr)C1. The first kappa shape index (κ1) is 15.5. The second-order valence-electron chi connectivity index (χ2n) is 4.35. The molecule has 19 heavy (non-hydrogen) atoms. The van der Waals surface area contributed by atoms with E-state index in [0.717, 1.165) is 11.8 Å². The quantitative estimate of drug-likeness (QED) is 0.584. The van der Waals surface area contributed by atoms with Crippen LogP contribution in [0.25, 0.3) is 0 Å². The standard InChI is InChI=1S/C11H11BrCl2FNO2S/c12-5-7-3-4-16(6-7)19(17,18)9-2-1-8(13)11(15)10(9)14/h1-2,7H,3-6H2. The van der Waals surface area contributed by atoms with Crippen LogP contribution in [0, 0.1) is 11.7 Å². The van der Waals surface area contributed by atoms with Crippen LogP contribution in [-0.4, -0.2) is 31.1 Å². The summed E-state index contributed by atoms with van der Waals surface area (Å²) in [4.78, 5) is -0.230. The summed E-state index contributed by atoms with van der Waals surface area (Å²) in [5.74, 6) is -0.633. The van der Waals surface area contributed by atoms with Gasteiger partial charge in [-0.15, -0.1) is 0 Å². The number of alkyl halides is 1. The number of sulfonamides is 1. The summed E-state index contributed by atoms with van der Waals surface area (Å²) in [7, 11) is -3.77. The monoisotopic (exact) mass is 389 g/mol. The van der Waals surface area contributed by atoms with Crippen molar-refractivity contribution >= 4 is 49.2 Å². The first-order valence-electron chi connectivity index (χ1n) is 5.57. The average Bonchev–Trinajstić information content (AvgIpc) is 2.85. The second-order valence-corrected chi connectivity index (χ2v) is 7.68. The summed E-state index contributed by atoms with van der Waals surface area (Å²) >= 11 is 14.7. The van der Waals surface area contributed by atoms with Crippen molar-refractivity contribution in [2.45, 2.75) is 11.3 Å². The summed E-state index contributed by atoms with van der Waals surface area (Å²) < 4.78 is 39.7. The molecule has 1 fully saturated rings. The molecule has 1 heterocycles. The molecule has 1 unspecified atom stereocenters. The predicted molar refractivity (Wildman–Crippen MR) is 77.1 cm³/mol. The molecule has 1 atom stereocenters. The Kier molecular flexibility index (Phi) is 4.78. The molecule has 1 aliphatic heterocycles. The summed E-state index contributed by atoms with van der Waals surface area (Å²) in [5.41, 5.74) is 0. The third kappa shape index (κ3) is 2.93. The topological polar surface area (TPSA) is 37.4 Å². The lowest BCUT2D eigenvalue weighted by Gasteiger charge is -2.17. The van der Waals surface area contributed by atoms with Crippen LogP contribution in [0.5, 0.6) is 0 Å². The van der Waals surface area contributed by atoms with Crippen LogP contribution >= 0.6 is 39.1 Å². The van der Waals surface area contributed by atoms with E-state index in [0.29, 0.717) is 13.1 Å². The molecule has 0 N–H and O–H groups in total. The van der Waals surface area contributed by atoms with E-state index >= 15 is 0 Å². The number of benzene rings is 1. The van der Waals surface area contributed by atoms with Crippen molar-refractivity contribution in [1.29, 1.82) is 0 Å². The molecule has 0 spiro atoms. The van der Waals surface area contributed by atoms with Crippen molar-refractivity contribution in [2.75, 3.05) is 18.4 Å². The number of halogens is 4. The smallest absolute Gasteiger partial charge is 0.207 e. The Morgan fingerprint density at radius 1 is 1.42 bits per heavy atom. The van der Waals surface area contributed by atoms with Crippen LogP contribution in [0.4, 0.5) is 4.39 Å². The Labute approximate surface area is 129 Å². The van der Waals surface area contributed by atoms with Crippen LogP contribution in [-0.2, 0) is 10.0 Å². The normalized spacial score (nSPS) is 20.9. The molecule has 3 nitrogen and oxygen atoms in total. The lowest BCUT2D eigenvalue weighted by atomic mass is 10.2. The highest BCUT2D eigenvalue weighted by atomic mass is 79.9. The average molecular weight is 391 g/mol. The minimum Gasteiger partial charge on any atom is -0.207 e. The maximum atomic E-state index is 13.6. The Bertz CT molecular complexity index is 597. The molecule has 0 aliphatic carbocycles. The van der Waals surface area contributed by atoms with E-state index in [-0.39, 0.29) is 15.8 Å². The number of hydrogen-bond donors (Lipinski definition) is 0. The molecule has 0 amide bonds. The zero-order chi connectivity index (χ0) is 14.2. The van der Waals surface area contributed by atoms with Gasteiger partial charge in [-0.05, 0) is 24.5 Å².